The summed E-state index contributed by atoms with van der Waals surface area (Å²) in [5.74, 6) is 0. The molecule has 0 atom stereocenters. The maximum Gasteiger partial charge on any atom is 0.268 e. The molecule has 1 aliphatic heterocycles. The van der Waals surface area contributed by atoms with Gasteiger partial charge in [-0.3, -0.25) is 0 Å². The lowest BCUT2D eigenvalue weighted by molar-refractivity contribution is 0.588. The van der Waals surface area contributed by atoms with E-state index in [4.69, 9.17) is 23.2 Å². The van der Waals surface area contributed by atoms with Crippen molar-refractivity contribution >= 4 is 49.8 Å². The van der Waals surface area contributed by atoms with Crippen LogP contribution in [0.4, 0.5) is 5.69 Å². The van der Waals surface area contributed by atoms with Crippen LogP contribution in [-0.2, 0) is 10.0 Å². The van der Waals surface area contributed by atoms with Crippen LogP contribution in [0.1, 0.15) is 0 Å². The van der Waals surface area contributed by atoms with Crippen molar-refractivity contribution < 1.29 is 8.42 Å². The number of piperazine rings is 1. The molecule has 0 unspecified atom stereocenters. The van der Waals surface area contributed by atoms with E-state index in [1.165, 1.54) is 16.1 Å². The molecule has 5 nitrogen and oxygen atoms in total. The molecule has 0 amide bonds. The van der Waals surface area contributed by atoms with E-state index in [-0.39, 0.29) is 4.90 Å². The maximum atomic E-state index is 13.1. The van der Waals surface area contributed by atoms with Crippen LogP contribution in [-0.4, -0.2) is 38.6 Å². The minimum Gasteiger partial charge on any atom is -0.368 e. The van der Waals surface area contributed by atoms with Crippen LogP contribution in [0.15, 0.2) is 53.6 Å². The molecular formula is C18H17Cl2N3O2S. The Bertz CT molecular complexity index is 1070. The third-order valence-corrected chi connectivity index (χ3v) is 6.76. The SMILES string of the molecule is O=S(=O)(c1cccc(Cl)c1)n1ccc2c(N3CCNCC3)ccc(Cl)c21. The summed E-state index contributed by atoms with van der Waals surface area (Å²) in [7, 11) is -3.80. The van der Waals surface area contributed by atoms with E-state index in [0.717, 1.165) is 37.3 Å². The zero-order chi connectivity index (χ0) is 18.3. The number of rotatable bonds is 3. The molecule has 4 rings (SSSR count). The van der Waals surface area contributed by atoms with E-state index >= 15 is 0 Å². The minimum atomic E-state index is -3.80. The molecule has 0 spiro atoms. The van der Waals surface area contributed by atoms with Crippen LogP contribution in [0, 0.1) is 0 Å². The molecule has 26 heavy (non-hydrogen) atoms. The van der Waals surface area contributed by atoms with Gasteiger partial charge in [0.05, 0.1) is 15.4 Å². The Morgan fingerprint density at radius 2 is 1.77 bits per heavy atom. The Hall–Kier alpha value is -1.73. The summed E-state index contributed by atoms with van der Waals surface area (Å²) < 4.78 is 27.5. The highest BCUT2D eigenvalue weighted by Crippen LogP contribution is 2.35. The number of hydrogen-bond donors (Lipinski definition) is 1. The van der Waals surface area contributed by atoms with Crippen LogP contribution >= 0.6 is 23.2 Å². The van der Waals surface area contributed by atoms with Crippen LogP contribution in [0.3, 0.4) is 0 Å². The number of nitrogens with one attached hydrogen (secondary N) is 1. The van der Waals surface area contributed by atoms with Crippen molar-refractivity contribution in [2.75, 3.05) is 31.1 Å². The first-order valence-corrected chi connectivity index (χ1v) is 10.4. The molecule has 1 N–H and O–H groups in total. The highest BCUT2D eigenvalue weighted by atomic mass is 35.5. The molecule has 8 heteroatoms. The van der Waals surface area contributed by atoms with Crippen LogP contribution in [0.25, 0.3) is 10.9 Å². The molecule has 2 aromatic carbocycles. The molecule has 1 aromatic heterocycles. The lowest BCUT2D eigenvalue weighted by Gasteiger charge is -2.30. The van der Waals surface area contributed by atoms with E-state index in [0.29, 0.717) is 15.6 Å². The fourth-order valence-corrected chi connectivity index (χ4v) is 5.27. The van der Waals surface area contributed by atoms with E-state index < -0.39 is 10.0 Å². The summed E-state index contributed by atoms with van der Waals surface area (Å²) in [6.07, 6.45) is 1.55. The molecule has 136 valence electrons. The smallest absolute Gasteiger partial charge is 0.268 e. The van der Waals surface area contributed by atoms with Crippen molar-refractivity contribution in [3.63, 3.8) is 0 Å². The predicted molar refractivity (Wildman–Crippen MR) is 106 cm³/mol. The first kappa shape index (κ1) is 17.7. The normalized spacial score (nSPS) is 15.5. The first-order valence-electron chi connectivity index (χ1n) is 8.25. The maximum absolute atomic E-state index is 13.1. The molecule has 1 saturated heterocycles. The zero-order valence-corrected chi connectivity index (χ0v) is 16.2. The van der Waals surface area contributed by atoms with Gasteiger partial charge in [-0.05, 0) is 36.4 Å². The number of aromatic nitrogens is 1. The molecule has 1 aliphatic rings. The van der Waals surface area contributed by atoms with Crippen LogP contribution < -0.4 is 10.2 Å². The lowest BCUT2D eigenvalue weighted by atomic mass is 10.2. The summed E-state index contributed by atoms with van der Waals surface area (Å²) in [5.41, 5.74) is 1.48. The van der Waals surface area contributed by atoms with Gasteiger partial charge in [0.15, 0.2) is 0 Å². The summed E-state index contributed by atoms with van der Waals surface area (Å²) in [6, 6.07) is 11.7. The third kappa shape index (κ3) is 2.97. The van der Waals surface area contributed by atoms with E-state index in [9.17, 15) is 8.42 Å². The number of anilines is 1. The van der Waals surface area contributed by atoms with Crippen molar-refractivity contribution in [3.05, 3.63) is 58.7 Å². The molecule has 0 saturated carbocycles. The van der Waals surface area contributed by atoms with Crippen molar-refractivity contribution in [1.82, 2.24) is 9.29 Å². The fourth-order valence-electron chi connectivity index (χ4n) is 3.30. The van der Waals surface area contributed by atoms with Gasteiger partial charge in [-0.25, -0.2) is 12.4 Å². The highest BCUT2D eigenvalue weighted by molar-refractivity contribution is 7.90. The number of nitrogens with zero attached hydrogens (tertiary/aromatic N) is 2. The van der Waals surface area contributed by atoms with Gasteiger partial charge >= 0.3 is 0 Å². The molecular weight excluding hydrogens is 393 g/mol. The Morgan fingerprint density at radius 1 is 1.00 bits per heavy atom. The molecule has 0 radical (unpaired) electrons. The predicted octanol–water partition coefficient (Wildman–Crippen LogP) is 3.59. The lowest BCUT2D eigenvalue weighted by Crippen LogP contribution is -2.43. The number of halogens is 2. The zero-order valence-electron chi connectivity index (χ0n) is 13.8. The van der Waals surface area contributed by atoms with E-state index in [1.54, 1.807) is 30.5 Å². The molecule has 3 aromatic rings. The van der Waals surface area contributed by atoms with Gasteiger partial charge in [0, 0.05) is 48.5 Å². The Kier molecular flexibility index (Phi) is 4.61. The summed E-state index contributed by atoms with van der Waals surface area (Å²) in [6.45, 7) is 3.52. The molecule has 0 bridgehead atoms. The van der Waals surface area contributed by atoms with Gasteiger partial charge in [-0.2, -0.15) is 0 Å². The topological polar surface area (TPSA) is 54.3 Å². The number of fused-ring (bicyclic) bond motifs is 1. The van der Waals surface area contributed by atoms with Gasteiger partial charge < -0.3 is 10.2 Å². The summed E-state index contributed by atoms with van der Waals surface area (Å²) in [4.78, 5) is 2.37. The average Bonchev–Trinajstić information content (AvgIpc) is 3.10. The largest absolute Gasteiger partial charge is 0.368 e. The third-order valence-electron chi connectivity index (χ3n) is 4.55. The fraction of sp³-hybridized carbons (Fsp3) is 0.222. The van der Waals surface area contributed by atoms with Gasteiger partial charge in [0.2, 0.25) is 0 Å². The molecule has 1 fully saturated rings. The van der Waals surface area contributed by atoms with Crippen LogP contribution in [0.2, 0.25) is 10.0 Å². The van der Waals surface area contributed by atoms with Crippen molar-refractivity contribution in [2.24, 2.45) is 0 Å². The molecule has 0 aliphatic carbocycles. The standard InChI is InChI=1S/C18H17Cl2N3O2S/c19-13-2-1-3-14(12-13)26(24,25)23-9-6-15-17(5-4-16(20)18(15)23)22-10-7-21-8-11-22/h1-6,9,12,21H,7-8,10-11H2. The summed E-state index contributed by atoms with van der Waals surface area (Å²) in [5, 5.41) is 4.91. The highest BCUT2D eigenvalue weighted by Gasteiger charge is 2.23. The van der Waals surface area contributed by atoms with Crippen molar-refractivity contribution in [2.45, 2.75) is 4.90 Å². The second-order valence-electron chi connectivity index (χ2n) is 6.14. The Balaban J connectivity index is 1.89. The first-order chi connectivity index (χ1) is 12.5. The number of hydrogen-bond acceptors (Lipinski definition) is 4. The monoisotopic (exact) mass is 409 g/mol. The van der Waals surface area contributed by atoms with Gasteiger partial charge in [0.1, 0.15) is 0 Å². The van der Waals surface area contributed by atoms with Crippen molar-refractivity contribution in [1.29, 1.82) is 0 Å². The number of benzene rings is 2. The van der Waals surface area contributed by atoms with Gasteiger partial charge in [0.25, 0.3) is 10.0 Å². The second-order valence-corrected chi connectivity index (χ2v) is 8.80. The van der Waals surface area contributed by atoms with Gasteiger partial charge in [-0.15, -0.1) is 0 Å². The quantitative estimate of drug-likeness (QED) is 0.717. The van der Waals surface area contributed by atoms with E-state index in [2.05, 4.69) is 10.2 Å². The Labute approximate surface area is 162 Å². The minimum absolute atomic E-state index is 0.131. The van der Waals surface area contributed by atoms with E-state index in [1.807, 2.05) is 6.07 Å². The van der Waals surface area contributed by atoms with Crippen LogP contribution in [0.5, 0.6) is 0 Å². The molecule has 2 heterocycles. The van der Waals surface area contributed by atoms with Crippen molar-refractivity contribution in [3.8, 4) is 0 Å². The Morgan fingerprint density at radius 3 is 2.50 bits per heavy atom. The second kappa shape index (κ2) is 6.78. The average molecular weight is 410 g/mol. The van der Waals surface area contributed by atoms with Gasteiger partial charge in [-0.1, -0.05) is 29.3 Å². The summed E-state index contributed by atoms with van der Waals surface area (Å²) >= 11 is 12.4.